The zero-order valence-corrected chi connectivity index (χ0v) is 9.06. The lowest BCUT2D eigenvalue weighted by Crippen LogP contribution is -2.26. The first-order chi connectivity index (χ1) is 7.45. The van der Waals surface area contributed by atoms with Gasteiger partial charge in [-0.3, -0.25) is 0 Å². The average Bonchev–Trinajstić information content (AvgIpc) is 2.22. The van der Waals surface area contributed by atoms with Gasteiger partial charge in [0, 0.05) is 6.61 Å². The van der Waals surface area contributed by atoms with Crippen molar-refractivity contribution in [3.63, 3.8) is 0 Å². The molecule has 1 nitrogen and oxygen atoms in total. The fourth-order valence-corrected chi connectivity index (χ4v) is 1.76. The van der Waals surface area contributed by atoms with Gasteiger partial charge in [-0.2, -0.15) is 0 Å². The molecule has 1 atom stereocenters. The molecule has 1 aliphatic heterocycles. The topological polar surface area (TPSA) is 9.23 Å². The standard InChI is InChI=1S/C14H18O/c1-3-7-13(8-4-1)9-5-2-6-10-14-11-12-15-14/h1,3-5,7-9,14H,2,6,10-12H2. The summed E-state index contributed by atoms with van der Waals surface area (Å²) < 4.78 is 5.37. The highest BCUT2D eigenvalue weighted by molar-refractivity contribution is 5.48. The van der Waals surface area contributed by atoms with Crippen LogP contribution in [0.1, 0.15) is 31.2 Å². The van der Waals surface area contributed by atoms with Crippen LogP contribution in [0.15, 0.2) is 36.4 Å². The summed E-state index contributed by atoms with van der Waals surface area (Å²) in [7, 11) is 0. The largest absolute Gasteiger partial charge is 0.378 e. The first-order valence-electron chi connectivity index (χ1n) is 5.78. The maximum atomic E-state index is 5.37. The number of allylic oxidation sites excluding steroid dienone is 1. The van der Waals surface area contributed by atoms with Gasteiger partial charge in [-0.05, 0) is 31.2 Å². The Labute approximate surface area is 91.8 Å². The second-order valence-electron chi connectivity index (χ2n) is 4.03. The predicted molar refractivity (Wildman–Crippen MR) is 63.7 cm³/mol. The Morgan fingerprint density at radius 1 is 1.27 bits per heavy atom. The third-order valence-electron chi connectivity index (χ3n) is 2.80. The minimum atomic E-state index is 0.565. The highest BCUT2D eigenvalue weighted by Gasteiger charge is 2.16. The van der Waals surface area contributed by atoms with Crippen molar-refractivity contribution in [1.29, 1.82) is 0 Å². The number of rotatable bonds is 5. The number of unbranched alkanes of at least 4 members (excludes halogenated alkanes) is 1. The van der Waals surface area contributed by atoms with E-state index in [2.05, 4.69) is 36.4 Å². The molecule has 1 aromatic rings. The molecule has 0 aliphatic carbocycles. The molecule has 1 unspecified atom stereocenters. The molecule has 0 spiro atoms. The van der Waals surface area contributed by atoms with Crippen LogP contribution in [0.4, 0.5) is 0 Å². The lowest BCUT2D eigenvalue weighted by Gasteiger charge is -2.25. The van der Waals surface area contributed by atoms with Crippen molar-refractivity contribution < 1.29 is 4.74 Å². The lowest BCUT2D eigenvalue weighted by atomic mass is 10.1. The average molecular weight is 202 g/mol. The highest BCUT2D eigenvalue weighted by Crippen LogP contribution is 2.17. The molecule has 1 fully saturated rings. The van der Waals surface area contributed by atoms with Crippen LogP contribution in [0, 0.1) is 0 Å². The van der Waals surface area contributed by atoms with E-state index in [-0.39, 0.29) is 0 Å². The zero-order valence-electron chi connectivity index (χ0n) is 9.06. The Balaban J connectivity index is 1.62. The Bertz CT molecular complexity index is 298. The first-order valence-corrected chi connectivity index (χ1v) is 5.78. The van der Waals surface area contributed by atoms with Gasteiger partial charge >= 0.3 is 0 Å². The molecule has 1 saturated heterocycles. The summed E-state index contributed by atoms with van der Waals surface area (Å²) in [4.78, 5) is 0. The molecule has 80 valence electrons. The quantitative estimate of drug-likeness (QED) is 0.662. The number of hydrogen-bond donors (Lipinski definition) is 0. The van der Waals surface area contributed by atoms with Gasteiger partial charge in [0.05, 0.1) is 6.10 Å². The normalized spacial score (nSPS) is 20.4. The zero-order chi connectivity index (χ0) is 10.3. The van der Waals surface area contributed by atoms with Gasteiger partial charge in [0.15, 0.2) is 0 Å². The van der Waals surface area contributed by atoms with E-state index in [1.807, 2.05) is 6.07 Å². The Morgan fingerprint density at radius 3 is 2.73 bits per heavy atom. The van der Waals surface area contributed by atoms with Gasteiger partial charge < -0.3 is 4.74 Å². The van der Waals surface area contributed by atoms with Gasteiger partial charge in [-0.1, -0.05) is 42.5 Å². The van der Waals surface area contributed by atoms with Crippen molar-refractivity contribution >= 4 is 6.08 Å². The van der Waals surface area contributed by atoms with Crippen molar-refractivity contribution in [2.75, 3.05) is 6.61 Å². The smallest absolute Gasteiger partial charge is 0.0597 e. The minimum Gasteiger partial charge on any atom is -0.378 e. The van der Waals surface area contributed by atoms with Crippen LogP contribution in [0.3, 0.4) is 0 Å². The van der Waals surface area contributed by atoms with Crippen LogP contribution >= 0.6 is 0 Å². The molecule has 2 rings (SSSR count). The van der Waals surface area contributed by atoms with Crippen molar-refractivity contribution in [3.05, 3.63) is 42.0 Å². The van der Waals surface area contributed by atoms with Crippen molar-refractivity contribution in [3.8, 4) is 0 Å². The molecular weight excluding hydrogens is 184 g/mol. The molecule has 1 heteroatoms. The van der Waals surface area contributed by atoms with Crippen LogP contribution < -0.4 is 0 Å². The second kappa shape index (κ2) is 5.72. The molecule has 15 heavy (non-hydrogen) atoms. The molecular formula is C14H18O. The van der Waals surface area contributed by atoms with E-state index in [9.17, 15) is 0 Å². The van der Waals surface area contributed by atoms with E-state index in [4.69, 9.17) is 4.74 Å². The molecule has 1 heterocycles. The third kappa shape index (κ3) is 3.52. The van der Waals surface area contributed by atoms with E-state index in [1.54, 1.807) is 0 Å². The fraction of sp³-hybridized carbons (Fsp3) is 0.429. The molecule has 1 aliphatic rings. The number of ether oxygens (including phenoxy) is 1. The Hall–Kier alpha value is -1.08. The summed E-state index contributed by atoms with van der Waals surface area (Å²) in [5, 5.41) is 0. The maximum absolute atomic E-state index is 5.37. The number of benzene rings is 1. The van der Waals surface area contributed by atoms with E-state index in [1.165, 1.54) is 24.8 Å². The molecule has 0 amide bonds. The van der Waals surface area contributed by atoms with E-state index in [0.29, 0.717) is 6.10 Å². The molecule has 1 aromatic carbocycles. The summed E-state index contributed by atoms with van der Waals surface area (Å²) in [5.74, 6) is 0. The molecule has 0 bridgehead atoms. The minimum absolute atomic E-state index is 0.565. The first kappa shape index (κ1) is 10.4. The van der Waals surface area contributed by atoms with Crippen molar-refractivity contribution in [2.24, 2.45) is 0 Å². The lowest BCUT2D eigenvalue weighted by molar-refractivity contribution is -0.0551. The number of hydrogen-bond acceptors (Lipinski definition) is 1. The summed E-state index contributed by atoms with van der Waals surface area (Å²) in [5.41, 5.74) is 1.29. The van der Waals surface area contributed by atoms with E-state index in [0.717, 1.165) is 13.0 Å². The van der Waals surface area contributed by atoms with Crippen LogP contribution in [0.25, 0.3) is 6.08 Å². The monoisotopic (exact) mass is 202 g/mol. The Kier molecular flexibility index (Phi) is 3.98. The molecule has 0 radical (unpaired) electrons. The van der Waals surface area contributed by atoms with Gasteiger partial charge in [-0.15, -0.1) is 0 Å². The summed E-state index contributed by atoms with van der Waals surface area (Å²) in [6.07, 6.45) is 9.91. The second-order valence-corrected chi connectivity index (χ2v) is 4.03. The molecule has 0 N–H and O–H groups in total. The summed E-state index contributed by atoms with van der Waals surface area (Å²) in [6, 6.07) is 10.5. The predicted octanol–water partition coefficient (Wildman–Crippen LogP) is 3.66. The van der Waals surface area contributed by atoms with Gasteiger partial charge in [0.25, 0.3) is 0 Å². The van der Waals surface area contributed by atoms with Crippen LogP contribution in [0.2, 0.25) is 0 Å². The SMILES string of the molecule is C(=Cc1ccccc1)CCCC1CCO1. The van der Waals surface area contributed by atoms with E-state index >= 15 is 0 Å². The third-order valence-corrected chi connectivity index (χ3v) is 2.80. The maximum Gasteiger partial charge on any atom is 0.0597 e. The van der Waals surface area contributed by atoms with Gasteiger partial charge in [0.2, 0.25) is 0 Å². The van der Waals surface area contributed by atoms with Crippen molar-refractivity contribution in [2.45, 2.75) is 31.8 Å². The van der Waals surface area contributed by atoms with Gasteiger partial charge in [-0.25, -0.2) is 0 Å². The van der Waals surface area contributed by atoms with Crippen LogP contribution in [-0.2, 0) is 4.74 Å². The summed E-state index contributed by atoms with van der Waals surface area (Å²) >= 11 is 0. The fourth-order valence-electron chi connectivity index (χ4n) is 1.76. The molecule has 0 saturated carbocycles. The summed E-state index contributed by atoms with van der Waals surface area (Å²) in [6.45, 7) is 0.977. The highest BCUT2D eigenvalue weighted by atomic mass is 16.5. The van der Waals surface area contributed by atoms with Crippen LogP contribution in [0.5, 0.6) is 0 Å². The van der Waals surface area contributed by atoms with Gasteiger partial charge in [0.1, 0.15) is 0 Å². The molecule has 0 aromatic heterocycles. The van der Waals surface area contributed by atoms with E-state index < -0.39 is 0 Å². The van der Waals surface area contributed by atoms with Crippen LogP contribution in [-0.4, -0.2) is 12.7 Å². The Morgan fingerprint density at radius 2 is 2.07 bits per heavy atom. The van der Waals surface area contributed by atoms with Crippen molar-refractivity contribution in [1.82, 2.24) is 0 Å².